The Hall–Kier alpha value is -2.17. The van der Waals surface area contributed by atoms with Crippen molar-refractivity contribution in [2.45, 2.75) is 39.0 Å². The van der Waals surface area contributed by atoms with Crippen molar-refractivity contribution in [1.82, 2.24) is 10.2 Å². The lowest BCUT2D eigenvalue weighted by atomic mass is 10.1. The molecule has 0 saturated heterocycles. The number of carbonyl (C=O) groups is 1. The minimum atomic E-state index is -0.286. The van der Waals surface area contributed by atoms with Crippen LogP contribution in [0.15, 0.2) is 24.3 Å². The van der Waals surface area contributed by atoms with Gasteiger partial charge in [-0.05, 0) is 43.5 Å². The Labute approximate surface area is 129 Å². The third-order valence-electron chi connectivity index (χ3n) is 4.29. The van der Waals surface area contributed by atoms with Crippen LogP contribution in [0.2, 0.25) is 0 Å². The second kappa shape index (κ2) is 6.30. The van der Waals surface area contributed by atoms with Gasteiger partial charge in [-0.25, -0.2) is 4.39 Å². The zero-order valence-corrected chi connectivity index (χ0v) is 12.7. The standard InChI is InChI=1S/C17H20FN3O/c1-2-14-16(19-17(22)12-5-3-4-6-12)15(21-20-14)11-7-9-13(18)10-8-11/h7-10,12H,2-6H2,1H3,(H,19,22)(H,20,21). The molecule has 0 atom stereocenters. The number of nitrogens with zero attached hydrogens (tertiary/aromatic N) is 1. The molecule has 2 aromatic rings. The molecule has 0 aliphatic heterocycles. The van der Waals surface area contributed by atoms with Crippen LogP contribution >= 0.6 is 0 Å². The normalized spacial score (nSPS) is 15.2. The zero-order valence-electron chi connectivity index (χ0n) is 12.7. The van der Waals surface area contributed by atoms with Crippen molar-refractivity contribution >= 4 is 11.6 Å². The summed E-state index contributed by atoms with van der Waals surface area (Å²) in [6.07, 6.45) is 4.90. The predicted molar refractivity (Wildman–Crippen MR) is 83.9 cm³/mol. The van der Waals surface area contributed by atoms with Gasteiger partial charge in [0.25, 0.3) is 0 Å². The van der Waals surface area contributed by atoms with Gasteiger partial charge in [0.05, 0.1) is 11.4 Å². The first-order valence-corrected chi connectivity index (χ1v) is 7.83. The van der Waals surface area contributed by atoms with Crippen LogP contribution in [0, 0.1) is 11.7 Å². The average Bonchev–Trinajstić information content (AvgIpc) is 3.17. The Morgan fingerprint density at radius 1 is 1.32 bits per heavy atom. The van der Waals surface area contributed by atoms with E-state index < -0.39 is 0 Å². The fourth-order valence-corrected chi connectivity index (χ4v) is 3.00. The number of aromatic amines is 1. The van der Waals surface area contributed by atoms with Gasteiger partial charge < -0.3 is 5.32 Å². The molecule has 0 spiro atoms. The van der Waals surface area contributed by atoms with Crippen LogP contribution in [0.4, 0.5) is 10.1 Å². The van der Waals surface area contributed by atoms with E-state index in [1.54, 1.807) is 12.1 Å². The monoisotopic (exact) mass is 301 g/mol. The number of anilines is 1. The average molecular weight is 301 g/mol. The third kappa shape index (κ3) is 2.89. The smallest absolute Gasteiger partial charge is 0.227 e. The molecule has 1 aliphatic carbocycles. The molecule has 0 radical (unpaired) electrons. The highest BCUT2D eigenvalue weighted by Gasteiger charge is 2.25. The van der Waals surface area contributed by atoms with Crippen LogP contribution in [0.3, 0.4) is 0 Å². The quantitative estimate of drug-likeness (QED) is 0.899. The van der Waals surface area contributed by atoms with Gasteiger partial charge in [-0.1, -0.05) is 19.8 Å². The van der Waals surface area contributed by atoms with Crippen molar-refractivity contribution in [3.63, 3.8) is 0 Å². The molecular weight excluding hydrogens is 281 g/mol. The van der Waals surface area contributed by atoms with Crippen molar-refractivity contribution < 1.29 is 9.18 Å². The lowest BCUT2D eigenvalue weighted by molar-refractivity contribution is -0.119. The Kier molecular flexibility index (Phi) is 4.22. The highest BCUT2D eigenvalue weighted by molar-refractivity contribution is 5.97. The lowest BCUT2D eigenvalue weighted by Gasteiger charge is -2.12. The fraction of sp³-hybridized carbons (Fsp3) is 0.412. The SMILES string of the molecule is CCc1[nH]nc(-c2ccc(F)cc2)c1NC(=O)C1CCCC1. The van der Waals surface area contributed by atoms with Crippen molar-refractivity contribution in [2.24, 2.45) is 5.92 Å². The van der Waals surface area contributed by atoms with Crippen LogP contribution in [0.5, 0.6) is 0 Å². The maximum absolute atomic E-state index is 13.1. The number of benzene rings is 1. The number of aromatic nitrogens is 2. The summed E-state index contributed by atoms with van der Waals surface area (Å²) in [5.74, 6) is -0.121. The van der Waals surface area contributed by atoms with E-state index in [9.17, 15) is 9.18 Å². The van der Waals surface area contributed by atoms with Gasteiger partial charge in [-0.15, -0.1) is 0 Å². The van der Waals surface area contributed by atoms with Crippen molar-refractivity contribution in [3.8, 4) is 11.3 Å². The molecule has 3 rings (SSSR count). The molecule has 1 heterocycles. The first kappa shape index (κ1) is 14.8. The molecule has 2 N–H and O–H groups in total. The number of carbonyl (C=O) groups excluding carboxylic acids is 1. The first-order valence-electron chi connectivity index (χ1n) is 7.83. The number of halogens is 1. The molecule has 1 amide bonds. The van der Waals surface area contributed by atoms with E-state index >= 15 is 0 Å². The third-order valence-corrected chi connectivity index (χ3v) is 4.29. The molecule has 1 aliphatic rings. The minimum Gasteiger partial charge on any atom is -0.322 e. The maximum atomic E-state index is 13.1. The number of aryl methyl sites for hydroxylation is 1. The summed E-state index contributed by atoms with van der Waals surface area (Å²) in [6.45, 7) is 2.01. The topological polar surface area (TPSA) is 57.8 Å². The Balaban J connectivity index is 1.89. The first-order chi connectivity index (χ1) is 10.7. The summed E-state index contributed by atoms with van der Waals surface area (Å²) in [5.41, 5.74) is 3.08. The molecule has 1 aromatic carbocycles. The lowest BCUT2D eigenvalue weighted by Crippen LogP contribution is -2.21. The summed E-state index contributed by atoms with van der Waals surface area (Å²) in [4.78, 5) is 12.4. The van der Waals surface area contributed by atoms with E-state index in [-0.39, 0.29) is 17.6 Å². The Morgan fingerprint density at radius 3 is 2.64 bits per heavy atom. The van der Waals surface area contributed by atoms with E-state index in [2.05, 4.69) is 15.5 Å². The summed E-state index contributed by atoms with van der Waals surface area (Å²) >= 11 is 0. The molecule has 0 unspecified atom stereocenters. The summed E-state index contributed by atoms with van der Waals surface area (Å²) in [6, 6.07) is 6.16. The second-order valence-electron chi connectivity index (χ2n) is 5.76. The largest absolute Gasteiger partial charge is 0.322 e. The molecule has 0 bridgehead atoms. The summed E-state index contributed by atoms with van der Waals surface area (Å²) in [5, 5.41) is 10.3. The van der Waals surface area contributed by atoms with Gasteiger partial charge in [0.15, 0.2) is 0 Å². The molecule has 116 valence electrons. The highest BCUT2D eigenvalue weighted by atomic mass is 19.1. The number of hydrogen-bond acceptors (Lipinski definition) is 2. The van der Waals surface area contributed by atoms with E-state index in [0.29, 0.717) is 5.69 Å². The molecule has 22 heavy (non-hydrogen) atoms. The Bertz CT molecular complexity index is 657. The number of amides is 1. The number of H-pyrrole nitrogens is 1. The summed E-state index contributed by atoms with van der Waals surface area (Å²) < 4.78 is 13.1. The molecule has 1 saturated carbocycles. The van der Waals surface area contributed by atoms with E-state index in [4.69, 9.17) is 0 Å². The van der Waals surface area contributed by atoms with Crippen molar-refractivity contribution in [2.75, 3.05) is 5.32 Å². The molecular formula is C17H20FN3O. The Morgan fingerprint density at radius 2 is 2.00 bits per heavy atom. The molecule has 4 nitrogen and oxygen atoms in total. The molecule has 5 heteroatoms. The van der Waals surface area contributed by atoms with Gasteiger partial charge >= 0.3 is 0 Å². The van der Waals surface area contributed by atoms with Crippen LogP contribution in [0.1, 0.15) is 38.3 Å². The zero-order chi connectivity index (χ0) is 15.5. The predicted octanol–water partition coefficient (Wildman–Crippen LogP) is 3.91. The summed E-state index contributed by atoms with van der Waals surface area (Å²) in [7, 11) is 0. The maximum Gasteiger partial charge on any atom is 0.227 e. The van der Waals surface area contributed by atoms with E-state index in [1.165, 1.54) is 12.1 Å². The minimum absolute atomic E-state index is 0.0666. The van der Waals surface area contributed by atoms with Gasteiger partial charge in [-0.3, -0.25) is 9.89 Å². The van der Waals surface area contributed by atoms with Crippen molar-refractivity contribution in [1.29, 1.82) is 0 Å². The van der Waals surface area contributed by atoms with Crippen LogP contribution in [0.25, 0.3) is 11.3 Å². The van der Waals surface area contributed by atoms with Gasteiger partial charge in [0, 0.05) is 11.5 Å². The number of rotatable bonds is 4. The molecule has 1 aromatic heterocycles. The number of hydrogen-bond donors (Lipinski definition) is 2. The molecule has 1 fully saturated rings. The van der Waals surface area contributed by atoms with Crippen LogP contribution in [-0.4, -0.2) is 16.1 Å². The van der Waals surface area contributed by atoms with Gasteiger partial charge in [-0.2, -0.15) is 5.10 Å². The van der Waals surface area contributed by atoms with Gasteiger partial charge in [0.1, 0.15) is 11.5 Å². The van der Waals surface area contributed by atoms with Crippen LogP contribution in [-0.2, 0) is 11.2 Å². The van der Waals surface area contributed by atoms with E-state index in [1.807, 2.05) is 6.92 Å². The fourth-order valence-electron chi connectivity index (χ4n) is 3.00. The van der Waals surface area contributed by atoms with Crippen LogP contribution < -0.4 is 5.32 Å². The highest BCUT2D eigenvalue weighted by Crippen LogP contribution is 2.32. The van der Waals surface area contributed by atoms with Gasteiger partial charge in [0.2, 0.25) is 5.91 Å². The number of nitrogens with one attached hydrogen (secondary N) is 2. The van der Waals surface area contributed by atoms with E-state index in [0.717, 1.165) is 49.0 Å². The second-order valence-corrected chi connectivity index (χ2v) is 5.76. The van der Waals surface area contributed by atoms with Crippen molar-refractivity contribution in [3.05, 3.63) is 35.8 Å².